The first-order valence-corrected chi connectivity index (χ1v) is 11.2. The molecule has 4 fully saturated rings. The zero-order chi connectivity index (χ0) is 21.8. The number of rotatable bonds is 0. The fourth-order valence-corrected chi connectivity index (χ4v) is 4.91. The van der Waals surface area contributed by atoms with Crippen LogP contribution in [-0.4, -0.2) is 92.2 Å². The first-order chi connectivity index (χ1) is 14.3. The van der Waals surface area contributed by atoms with Gasteiger partial charge in [0.05, 0.1) is 30.5 Å². The molecule has 0 bridgehead atoms. The van der Waals surface area contributed by atoms with E-state index in [-0.39, 0.29) is 107 Å². The monoisotopic (exact) mass is 613 g/mol. The predicted molar refractivity (Wildman–Crippen MR) is 126 cm³/mol. The van der Waals surface area contributed by atoms with Crippen LogP contribution in [0.15, 0.2) is 0 Å². The molecule has 9 atom stereocenters. The predicted octanol–water partition coefficient (Wildman–Crippen LogP) is 3.65. The van der Waals surface area contributed by atoms with Gasteiger partial charge in [-0.05, 0) is 54.6 Å². The second kappa shape index (κ2) is 19.5. The standard InChI is InChI=1S/C12H21NO3.C10H19NO3.2CH4.3V/c1-8-5-11-12(10(3)16-8)15-7-14-9(2)6-13(11)4;1-7-4-9-10(8(2)14-7)13-6-12-5-11(9)3;;;;;/h6-12H,5H2,1-4H3;7-10H,4-6H2,1-3H3;2*1H4;;;/q-2;;;;;;. The van der Waals surface area contributed by atoms with E-state index in [2.05, 4.69) is 58.1 Å². The molecule has 0 spiro atoms. The molecule has 0 aromatic carbocycles. The summed E-state index contributed by atoms with van der Waals surface area (Å²) in [5.41, 5.74) is 0. The Morgan fingerprint density at radius 2 is 1.29 bits per heavy atom. The summed E-state index contributed by atoms with van der Waals surface area (Å²) in [7, 11) is 4.16. The van der Waals surface area contributed by atoms with Crippen LogP contribution in [0.1, 0.15) is 62.3 Å². The second-order valence-electron chi connectivity index (χ2n) is 9.10. The molecule has 0 aromatic heterocycles. The van der Waals surface area contributed by atoms with Gasteiger partial charge in [0.15, 0.2) is 0 Å². The zero-order valence-electron chi connectivity index (χ0n) is 20.9. The molecule has 207 valence electrons. The zero-order valence-corrected chi connectivity index (χ0v) is 25.1. The molecule has 0 aliphatic carbocycles. The minimum absolute atomic E-state index is 0. The Kier molecular flexibility index (Phi) is 22.8. The van der Waals surface area contributed by atoms with Gasteiger partial charge < -0.3 is 33.3 Å². The molecule has 4 aliphatic rings. The first kappa shape index (κ1) is 40.9. The van der Waals surface area contributed by atoms with Crippen molar-refractivity contribution < 1.29 is 84.1 Å². The number of hydrogen-bond acceptors (Lipinski definition) is 8. The molecule has 9 unspecified atom stereocenters. The van der Waals surface area contributed by atoms with Gasteiger partial charge >= 0.3 is 0 Å². The van der Waals surface area contributed by atoms with Crippen LogP contribution in [0.5, 0.6) is 0 Å². The van der Waals surface area contributed by atoms with Gasteiger partial charge in [0.1, 0.15) is 19.6 Å². The molecule has 0 saturated carbocycles. The maximum atomic E-state index is 5.79. The molecule has 0 N–H and O–H groups in total. The average molecular weight is 613 g/mol. The van der Waals surface area contributed by atoms with E-state index in [0.717, 1.165) is 12.8 Å². The molecule has 35 heavy (non-hydrogen) atoms. The van der Waals surface area contributed by atoms with Crippen molar-refractivity contribution in [1.82, 2.24) is 9.80 Å². The fraction of sp³-hybridized carbons (Fsp3) is 0.917. The molecule has 0 amide bonds. The van der Waals surface area contributed by atoms with Crippen molar-refractivity contribution in [3.05, 3.63) is 13.3 Å². The minimum Gasteiger partial charge on any atom is -0.547 e. The summed E-state index contributed by atoms with van der Waals surface area (Å²) in [6.07, 6.45) is 3.12. The van der Waals surface area contributed by atoms with Crippen LogP contribution < -0.4 is 0 Å². The fourth-order valence-electron chi connectivity index (χ4n) is 4.91. The normalized spacial score (nSPS) is 39.7. The number of likely N-dealkylation sites (N-methyl/N-ethyl adjacent to an activating group) is 2. The van der Waals surface area contributed by atoms with Crippen molar-refractivity contribution in [3.63, 3.8) is 0 Å². The Bertz CT molecular complexity index is 541. The van der Waals surface area contributed by atoms with Gasteiger partial charge in [-0.25, -0.2) is 6.54 Å². The van der Waals surface area contributed by atoms with Crippen LogP contribution in [-0.2, 0) is 84.1 Å². The Morgan fingerprint density at radius 1 is 0.743 bits per heavy atom. The molecule has 3 radical (unpaired) electrons. The van der Waals surface area contributed by atoms with Gasteiger partial charge in [0, 0.05) is 67.8 Å². The van der Waals surface area contributed by atoms with Crippen LogP contribution in [0.2, 0.25) is 0 Å². The van der Waals surface area contributed by atoms with E-state index in [1.165, 1.54) is 6.79 Å². The average Bonchev–Trinajstić information content (AvgIpc) is 2.84. The van der Waals surface area contributed by atoms with E-state index in [9.17, 15) is 0 Å². The van der Waals surface area contributed by atoms with Gasteiger partial charge in [-0.2, -0.15) is 0 Å². The maximum absolute atomic E-state index is 5.79. The van der Waals surface area contributed by atoms with Crippen LogP contribution in [0.4, 0.5) is 0 Å². The van der Waals surface area contributed by atoms with Crippen LogP contribution in [0.3, 0.4) is 0 Å². The van der Waals surface area contributed by atoms with Crippen molar-refractivity contribution >= 4 is 0 Å². The summed E-state index contributed by atoms with van der Waals surface area (Å²) in [6, 6.07) is 0.789. The number of ether oxygens (including phenoxy) is 6. The molecule has 11 heteroatoms. The summed E-state index contributed by atoms with van der Waals surface area (Å²) in [5.74, 6) is 0. The Balaban J connectivity index is -0.000000515. The van der Waals surface area contributed by atoms with Gasteiger partial charge in [-0.3, -0.25) is 4.90 Å². The van der Waals surface area contributed by atoms with Crippen molar-refractivity contribution in [2.45, 2.75) is 117 Å². The van der Waals surface area contributed by atoms with Crippen molar-refractivity contribution in [2.24, 2.45) is 0 Å². The molecule has 8 nitrogen and oxygen atoms in total. The Labute approximate surface area is 250 Å². The van der Waals surface area contributed by atoms with E-state index < -0.39 is 0 Å². The summed E-state index contributed by atoms with van der Waals surface area (Å²) in [5, 5.41) is 0. The van der Waals surface area contributed by atoms with Gasteiger partial charge in [-0.15, -0.1) is 0 Å². The number of fused-ring (bicyclic) bond motifs is 2. The van der Waals surface area contributed by atoms with Crippen LogP contribution in [0.25, 0.3) is 0 Å². The number of hydrogen-bond donors (Lipinski definition) is 0. The minimum atomic E-state index is 0. The van der Waals surface area contributed by atoms with E-state index in [0.29, 0.717) is 31.7 Å². The van der Waals surface area contributed by atoms with Gasteiger partial charge in [0.2, 0.25) is 0 Å². The smallest absolute Gasteiger partial charge is 0.149 e. The van der Waals surface area contributed by atoms with Crippen LogP contribution in [0, 0.1) is 13.3 Å². The Morgan fingerprint density at radius 3 is 1.89 bits per heavy atom. The molecule has 0 aromatic rings. The van der Waals surface area contributed by atoms with Crippen molar-refractivity contribution in [1.29, 1.82) is 0 Å². The van der Waals surface area contributed by atoms with Gasteiger partial charge in [-0.1, -0.05) is 34.7 Å². The first-order valence-electron chi connectivity index (χ1n) is 11.2. The van der Waals surface area contributed by atoms with Crippen molar-refractivity contribution in [2.75, 3.05) is 27.6 Å². The third-order valence-electron chi connectivity index (χ3n) is 6.38. The third kappa shape index (κ3) is 11.6. The number of nitrogens with zero attached hydrogens (tertiary/aromatic N) is 2. The Hall–Kier alpha value is 1.43. The second-order valence-corrected chi connectivity index (χ2v) is 9.10. The van der Waals surface area contributed by atoms with E-state index in [4.69, 9.17) is 28.4 Å². The topological polar surface area (TPSA) is 61.9 Å². The van der Waals surface area contributed by atoms with E-state index in [1.54, 1.807) is 0 Å². The van der Waals surface area contributed by atoms with Crippen LogP contribution >= 0.6 is 0 Å². The van der Waals surface area contributed by atoms with Crippen molar-refractivity contribution in [3.8, 4) is 0 Å². The summed E-state index contributed by atoms with van der Waals surface area (Å²) in [6.45, 7) is 15.0. The quantitative estimate of drug-likeness (QED) is 0.384. The molecule has 4 heterocycles. The molecular formula is C24H48N2O6V3-2. The molecule has 4 aliphatic heterocycles. The third-order valence-corrected chi connectivity index (χ3v) is 6.38. The van der Waals surface area contributed by atoms with E-state index >= 15 is 0 Å². The maximum Gasteiger partial charge on any atom is 0.149 e. The summed E-state index contributed by atoms with van der Waals surface area (Å²) >= 11 is 0. The SMILES string of the molecule is C.C.CC1CC2C(OCOCN2C)C(C)O1.CC1[CH-]N(C)C2CC(C)OC(C)C2O[CH-]O1.[V].[V].[V]. The molecule has 4 saturated heterocycles. The summed E-state index contributed by atoms with van der Waals surface area (Å²) < 4.78 is 33.5. The van der Waals surface area contributed by atoms with E-state index in [1.807, 2.05) is 6.92 Å². The summed E-state index contributed by atoms with van der Waals surface area (Å²) in [4.78, 5) is 4.42. The molecular weight excluding hydrogens is 565 g/mol. The van der Waals surface area contributed by atoms with Gasteiger partial charge in [0.25, 0.3) is 0 Å². The largest absolute Gasteiger partial charge is 0.547 e. The molecule has 4 rings (SSSR count).